The number of allylic oxidation sites excluding steroid dienone is 1. The Bertz CT molecular complexity index is 1780. The van der Waals surface area contributed by atoms with E-state index in [1.807, 2.05) is 48.5 Å². The zero-order chi connectivity index (χ0) is 29.2. The monoisotopic (exact) mass is 562 g/mol. The van der Waals surface area contributed by atoms with Crippen LogP contribution in [0.25, 0.3) is 16.8 Å². The van der Waals surface area contributed by atoms with Crippen molar-refractivity contribution in [2.75, 3.05) is 6.61 Å². The van der Waals surface area contributed by atoms with Crippen LogP contribution in [-0.2, 0) is 4.79 Å². The molecule has 0 aromatic heterocycles. The maximum Gasteiger partial charge on any atom is 0.281 e. The molecule has 1 aliphatic carbocycles. The van der Waals surface area contributed by atoms with Crippen LogP contribution in [0.3, 0.4) is 0 Å². The molecule has 1 saturated carbocycles. The first-order valence-electron chi connectivity index (χ1n) is 13.6. The molecule has 1 amide bonds. The number of nitro groups is 2. The van der Waals surface area contributed by atoms with Crippen LogP contribution in [0.15, 0.2) is 102 Å². The summed E-state index contributed by atoms with van der Waals surface area (Å²) in [5.41, 5.74) is 2.80. The molecule has 42 heavy (non-hydrogen) atoms. The number of rotatable bonds is 7. The summed E-state index contributed by atoms with van der Waals surface area (Å²) >= 11 is 0. The highest BCUT2D eigenvalue weighted by molar-refractivity contribution is 6.08. The van der Waals surface area contributed by atoms with Gasteiger partial charge in [-0.2, -0.15) is 5.10 Å². The molecule has 0 spiro atoms. The highest BCUT2D eigenvalue weighted by Gasteiger charge is 2.44. The van der Waals surface area contributed by atoms with Crippen LogP contribution in [0.1, 0.15) is 36.4 Å². The number of non-ortho nitro benzene ring substituents is 2. The lowest BCUT2D eigenvalue weighted by Gasteiger charge is -2.29. The van der Waals surface area contributed by atoms with Crippen LogP contribution in [0, 0.1) is 26.1 Å². The second kappa shape index (κ2) is 11.2. The van der Waals surface area contributed by atoms with Crippen molar-refractivity contribution < 1.29 is 19.4 Å². The van der Waals surface area contributed by atoms with Crippen molar-refractivity contribution in [2.24, 2.45) is 11.0 Å². The van der Waals surface area contributed by atoms with Crippen molar-refractivity contribution in [3.05, 3.63) is 128 Å². The largest absolute Gasteiger partial charge is 0.484 e. The van der Waals surface area contributed by atoms with E-state index in [-0.39, 0.29) is 29.8 Å². The van der Waals surface area contributed by atoms with Gasteiger partial charge in [-0.25, -0.2) is 5.01 Å². The van der Waals surface area contributed by atoms with Gasteiger partial charge in [0.05, 0.1) is 21.6 Å². The molecular formula is C32H26N4O6. The van der Waals surface area contributed by atoms with E-state index in [0.717, 1.165) is 29.2 Å². The molecule has 1 aliphatic heterocycles. The van der Waals surface area contributed by atoms with Gasteiger partial charge in [-0.1, -0.05) is 54.6 Å². The van der Waals surface area contributed by atoms with Crippen LogP contribution in [0.4, 0.5) is 11.4 Å². The number of carbonyl (C=O) groups is 1. The van der Waals surface area contributed by atoms with Crippen LogP contribution < -0.4 is 4.74 Å². The van der Waals surface area contributed by atoms with Crippen molar-refractivity contribution in [1.82, 2.24) is 5.01 Å². The van der Waals surface area contributed by atoms with Gasteiger partial charge in [0.2, 0.25) is 0 Å². The Hall–Kier alpha value is -5.38. The van der Waals surface area contributed by atoms with Gasteiger partial charge in [0.25, 0.3) is 17.3 Å². The summed E-state index contributed by atoms with van der Waals surface area (Å²) in [7, 11) is 0. The SMILES string of the molecule is O=C(COc1ccc2ccccc2c1)N1N=C2/C(=C/c3cccc([N+](=O)[O-])c3)CCC[C@H]2[C@H]1c1cccc([N+](=O)[O-])c1. The molecule has 0 N–H and O–H groups in total. The summed E-state index contributed by atoms with van der Waals surface area (Å²) in [6.45, 7) is -0.267. The molecular weight excluding hydrogens is 536 g/mol. The third kappa shape index (κ3) is 5.34. The Morgan fingerprint density at radius 3 is 2.43 bits per heavy atom. The molecule has 4 aromatic rings. The predicted molar refractivity (Wildman–Crippen MR) is 158 cm³/mol. The summed E-state index contributed by atoms with van der Waals surface area (Å²) in [5, 5.41) is 31.1. The highest BCUT2D eigenvalue weighted by Crippen LogP contribution is 2.45. The van der Waals surface area contributed by atoms with Crippen molar-refractivity contribution in [1.29, 1.82) is 0 Å². The lowest BCUT2D eigenvalue weighted by Crippen LogP contribution is -2.34. The van der Waals surface area contributed by atoms with Crippen molar-refractivity contribution >= 4 is 39.8 Å². The van der Waals surface area contributed by atoms with E-state index < -0.39 is 15.9 Å². The first-order chi connectivity index (χ1) is 20.4. The maximum atomic E-state index is 13.7. The molecule has 2 aliphatic rings. The van der Waals surface area contributed by atoms with Crippen molar-refractivity contribution in [3.8, 4) is 5.75 Å². The predicted octanol–water partition coefficient (Wildman–Crippen LogP) is 6.86. The molecule has 10 heteroatoms. The Morgan fingerprint density at radius 2 is 1.64 bits per heavy atom. The van der Waals surface area contributed by atoms with E-state index in [1.165, 1.54) is 29.3 Å². The van der Waals surface area contributed by atoms with Gasteiger partial charge in [-0.05, 0) is 64.9 Å². The number of carbonyl (C=O) groups excluding carboxylic acids is 1. The summed E-state index contributed by atoms with van der Waals surface area (Å²) < 4.78 is 5.90. The molecule has 4 aromatic carbocycles. The third-order valence-corrected chi connectivity index (χ3v) is 7.68. The topological polar surface area (TPSA) is 128 Å². The first-order valence-corrected chi connectivity index (χ1v) is 13.6. The molecule has 1 heterocycles. The van der Waals surface area contributed by atoms with Gasteiger partial charge in [-0.3, -0.25) is 25.0 Å². The van der Waals surface area contributed by atoms with Gasteiger partial charge in [0, 0.05) is 30.2 Å². The molecule has 0 bridgehead atoms. The average molecular weight is 563 g/mol. The standard InChI is InChI=1S/C32H26N4O6/c37-30(20-42-28-15-14-22-7-1-2-8-23(22)19-28)34-32(25-10-4-12-27(18-25)36(40)41)29-13-5-9-24(31(29)33-34)16-21-6-3-11-26(17-21)35(38)39/h1-4,6-8,10-12,14-19,29,32H,5,9,13,20H2/b24-16+/t29-,32-/m1/s1. The van der Waals surface area contributed by atoms with Crippen LogP contribution in [0.2, 0.25) is 0 Å². The molecule has 2 atom stereocenters. The molecule has 6 rings (SSSR count). The number of nitro benzene ring substituents is 2. The Balaban J connectivity index is 1.34. The van der Waals surface area contributed by atoms with Crippen LogP contribution in [0.5, 0.6) is 5.75 Å². The zero-order valence-electron chi connectivity index (χ0n) is 22.5. The fraction of sp³-hybridized carbons (Fsp3) is 0.188. The fourth-order valence-corrected chi connectivity index (χ4v) is 5.76. The van der Waals surface area contributed by atoms with Gasteiger partial charge in [0.15, 0.2) is 6.61 Å². The Labute approximate surface area is 240 Å². The minimum Gasteiger partial charge on any atom is -0.484 e. The van der Waals surface area contributed by atoms with Gasteiger partial charge in [-0.15, -0.1) is 0 Å². The summed E-state index contributed by atoms with van der Waals surface area (Å²) in [6.07, 6.45) is 4.11. The molecule has 210 valence electrons. The van der Waals surface area contributed by atoms with Crippen LogP contribution >= 0.6 is 0 Å². The number of fused-ring (bicyclic) bond motifs is 2. The molecule has 1 fully saturated rings. The van der Waals surface area contributed by atoms with Crippen molar-refractivity contribution in [2.45, 2.75) is 25.3 Å². The highest BCUT2D eigenvalue weighted by atomic mass is 16.6. The number of nitrogens with zero attached hydrogens (tertiary/aromatic N) is 4. The maximum absolute atomic E-state index is 13.7. The summed E-state index contributed by atoms with van der Waals surface area (Å²) in [4.78, 5) is 35.7. The van der Waals surface area contributed by atoms with E-state index in [0.29, 0.717) is 29.0 Å². The second-order valence-electron chi connectivity index (χ2n) is 10.3. The summed E-state index contributed by atoms with van der Waals surface area (Å²) in [6, 6.07) is 25.6. The van der Waals surface area contributed by atoms with Gasteiger partial charge >= 0.3 is 0 Å². The lowest BCUT2D eigenvalue weighted by molar-refractivity contribution is -0.385. The van der Waals surface area contributed by atoms with Gasteiger partial charge < -0.3 is 4.74 Å². The van der Waals surface area contributed by atoms with E-state index in [4.69, 9.17) is 9.84 Å². The summed E-state index contributed by atoms with van der Waals surface area (Å²) in [5.74, 6) is -0.0314. The Morgan fingerprint density at radius 1 is 0.905 bits per heavy atom. The van der Waals surface area contributed by atoms with E-state index >= 15 is 0 Å². The average Bonchev–Trinajstić information content (AvgIpc) is 3.41. The fourth-order valence-electron chi connectivity index (χ4n) is 5.76. The molecule has 0 unspecified atom stereocenters. The lowest BCUT2D eigenvalue weighted by atomic mass is 9.77. The minimum absolute atomic E-state index is 0.0119. The van der Waals surface area contributed by atoms with Crippen LogP contribution in [-0.4, -0.2) is 33.1 Å². The quantitative estimate of drug-likeness (QED) is 0.179. The van der Waals surface area contributed by atoms with E-state index in [9.17, 15) is 25.0 Å². The minimum atomic E-state index is -0.554. The smallest absolute Gasteiger partial charge is 0.281 e. The number of hydrazone groups is 1. The number of hydrogen-bond donors (Lipinski definition) is 0. The number of hydrogen-bond acceptors (Lipinski definition) is 7. The normalized spacial score (nSPS) is 18.9. The first kappa shape index (κ1) is 26.8. The zero-order valence-corrected chi connectivity index (χ0v) is 22.5. The van der Waals surface area contributed by atoms with E-state index in [2.05, 4.69) is 0 Å². The second-order valence-corrected chi connectivity index (χ2v) is 10.3. The Kier molecular flexibility index (Phi) is 7.18. The number of benzene rings is 4. The molecule has 0 radical (unpaired) electrons. The molecule has 10 nitrogen and oxygen atoms in total. The third-order valence-electron chi connectivity index (χ3n) is 7.68. The number of ether oxygens (including phenoxy) is 1. The van der Waals surface area contributed by atoms with Crippen molar-refractivity contribution in [3.63, 3.8) is 0 Å². The van der Waals surface area contributed by atoms with E-state index in [1.54, 1.807) is 24.3 Å². The van der Waals surface area contributed by atoms with Gasteiger partial charge in [0.1, 0.15) is 5.75 Å². The molecule has 0 saturated heterocycles. The number of amides is 1.